The standard InChI is InChI=1S/C13H13N3O2/c1-15(2)11-6-7-14-13(9-11)10-4-3-5-12(8-10)16(17)18/h3-9H,1-2H3. The number of pyridine rings is 1. The zero-order valence-electron chi connectivity index (χ0n) is 10.2. The smallest absolute Gasteiger partial charge is 0.270 e. The van der Waals surface area contributed by atoms with Crippen molar-refractivity contribution in [3.8, 4) is 11.3 Å². The van der Waals surface area contributed by atoms with E-state index in [4.69, 9.17) is 0 Å². The predicted octanol–water partition coefficient (Wildman–Crippen LogP) is 2.72. The molecule has 0 aliphatic rings. The quantitative estimate of drug-likeness (QED) is 0.614. The second kappa shape index (κ2) is 4.83. The number of rotatable bonds is 3. The van der Waals surface area contributed by atoms with E-state index in [9.17, 15) is 10.1 Å². The second-order valence-electron chi connectivity index (χ2n) is 4.10. The number of benzene rings is 1. The van der Waals surface area contributed by atoms with Crippen molar-refractivity contribution in [3.63, 3.8) is 0 Å². The highest BCUT2D eigenvalue weighted by atomic mass is 16.6. The van der Waals surface area contributed by atoms with E-state index in [0.29, 0.717) is 0 Å². The topological polar surface area (TPSA) is 59.3 Å². The highest BCUT2D eigenvalue weighted by Crippen LogP contribution is 2.24. The minimum absolute atomic E-state index is 0.0737. The zero-order valence-corrected chi connectivity index (χ0v) is 10.2. The van der Waals surface area contributed by atoms with Gasteiger partial charge in [0.1, 0.15) is 0 Å². The van der Waals surface area contributed by atoms with Gasteiger partial charge in [0.25, 0.3) is 5.69 Å². The lowest BCUT2D eigenvalue weighted by molar-refractivity contribution is -0.384. The highest BCUT2D eigenvalue weighted by Gasteiger charge is 2.08. The fourth-order valence-electron chi connectivity index (χ4n) is 1.63. The van der Waals surface area contributed by atoms with Crippen LogP contribution in [-0.4, -0.2) is 24.0 Å². The van der Waals surface area contributed by atoms with Gasteiger partial charge >= 0.3 is 0 Å². The molecule has 0 saturated carbocycles. The second-order valence-corrected chi connectivity index (χ2v) is 4.10. The number of nitro benzene ring substituents is 1. The van der Waals surface area contributed by atoms with Crippen LogP contribution in [0.25, 0.3) is 11.3 Å². The Morgan fingerprint density at radius 1 is 1.22 bits per heavy atom. The fraction of sp³-hybridized carbons (Fsp3) is 0.154. The van der Waals surface area contributed by atoms with Crippen molar-refractivity contribution in [2.75, 3.05) is 19.0 Å². The molecule has 0 aliphatic heterocycles. The van der Waals surface area contributed by atoms with Gasteiger partial charge in [-0.25, -0.2) is 0 Å². The lowest BCUT2D eigenvalue weighted by atomic mass is 10.1. The molecule has 1 heterocycles. The van der Waals surface area contributed by atoms with E-state index < -0.39 is 4.92 Å². The number of nitro groups is 1. The maximum Gasteiger partial charge on any atom is 0.270 e. The van der Waals surface area contributed by atoms with Crippen molar-refractivity contribution in [3.05, 3.63) is 52.7 Å². The molecule has 0 saturated heterocycles. The van der Waals surface area contributed by atoms with Crippen LogP contribution in [0.15, 0.2) is 42.6 Å². The Bertz CT molecular complexity index is 582. The lowest BCUT2D eigenvalue weighted by Crippen LogP contribution is -2.08. The van der Waals surface area contributed by atoms with Gasteiger partial charge in [0.05, 0.1) is 10.6 Å². The van der Waals surface area contributed by atoms with Crippen molar-refractivity contribution < 1.29 is 4.92 Å². The van der Waals surface area contributed by atoms with E-state index in [1.807, 2.05) is 37.2 Å². The Balaban J connectivity index is 2.45. The summed E-state index contributed by atoms with van der Waals surface area (Å²) in [6.45, 7) is 0. The largest absolute Gasteiger partial charge is 0.378 e. The summed E-state index contributed by atoms with van der Waals surface area (Å²) in [6.07, 6.45) is 1.70. The van der Waals surface area contributed by atoms with Crippen LogP contribution in [0.2, 0.25) is 0 Å². The number of non-ortho nitro benzene ring substituents is 1. The third kappa shape index (κ3) is 2.45. The Hall–Kier alpha value is -2.43. The fourth-order valence-corrected chi connectivity index (χ4v) is 1.63. The molecule has 0 atom stereocenters. The zero-order chi connectivity index (χ0) is 13.1. The minimum Gasteiger partial charge on any atom is -0.378 e. The molecule has 0 spiro atoms. The number of hydrogen-bond donors (Lipinski definition) is 0. The summed E-state index contributed by atoms with van der Waals surface area (Å²) in [6, 6.07) is 10.3. The van der Waals surface area contributed by atoms with E-state index in [-0.39, 0.29) is 5.69 Å². The van der Waals surface area contributed by atoms with Crippen molar-refractivity contribution in [1.29, 1.82) is 0 Å². The summed E-state index contributed by atoms with van der Waals surface area (Å²) in [7, 11) is 3.87. The minimum atomic E-state index is -0.403. The van der Waals surface area contributed by atoms with Gasteiger partial charge in [-0.15, -0.1) is 0 Å². The van der Waals surface area contributed by atoms with Gasteiger partial charge in [-0.1, -0.05) is 12.1 Å². The summed E-state index contributed by atoms with van der Waals surface area (Å²) in [5.74, 6) is 0. The SMILES string of the molecule is CN(C)c1ccnc(-c2cccc([N+](=O)[O-])c2)c1. The average Bonchev–Trinajstić information content (AvgIpc) is 2.39. The first-order valence-corrected chi connectivity index (χ1v) is 5.46. The predicted molar refractivity (Wildman–Crippen MR) is 70.7 cm³/mol. The number of nitrogens with zero attached hydrogens (tertiary/aromatic N) is 3. The average molecular weight is 243 g/mol. The van der Waals surface area contributed by atoms with Crippen molar-refractivity contribution in [1.82, 2.24) is 4.98 Å². The van der Waals surface area contributed by atoms with Crippen LogP contribution < -0.4 is 4.90 Å². The molecule has 5 heteroatoms. The molecule has 0 aliphatic carbocycles. The third-order valence-electron chi connectivity index (χ3n) is 2.61. The Morgan fingerprint density at radius 3 is 2.67 bits per heavy atom. The van der Waals surface area contributed by atoms with Crippen molar-refractivity contribution in [2.24, 2.45) is 0 Å². The number of aromatic nitrogens is 1. The van der Waals surface area contributed by atoms with Crippen molar-refractivity contribution in [2.45, 2.75) is 0 Å². The first kappa shape index (κ1) is 12.0. The molecule has 18 heavy (non-hydrogen) atoms. The van der Waals surface area contributed by atoms with E-state index in [1.54, 1.807) is 12.3 Å². The van der Waals surface area contributed by atoms with Gasteiger partial charge in [-0.05, 0) is 12.1 Å². The van der Waals surface area contributed by atoms with Gasteiger partial charge in [-0.2, -0.15) is 0 Å². The van der Waals surface area contributed by atoms with Crippen LogP contribution in [-0.2, 0) is 0 Å². The van der Waals surface area contributed by atoms with Crippen LogP contribution >= 0.6 is 0 Å². The summed E-state index contributed by atoms with van der Waals surface area (Å²) >= 11 is 0. The Kier molecular flexibility index (Phi) is 3.23. The summed E-state index contributed by atoms with van der Waals surface area (Å²) < 4.78 is 0. The van der Waals surface area contributed by atoms with Crippen LogP contribution in [0, 0.1) is 10.1 Å². The van der Waals surface area contributed by atoms with E-state index in [0.717, 1.165) is 16.9 Å². The normalized spacial score (nSPS) is 10.1. The molecule has 5 nitrogen and oxygen atoms in total. The molecule has 0 unspecified atom stereocenters. The molecule has 92 valence electrons. The number of anilines is 1. The first-order valence-electron chi connectivity index (χ1n) is 5.46. The van der Waals surface area contributed by atoms with E-state index >= 15 is 0 Å². The summed E-state index contributed by atoms with van der Waals surface area (Å²) in [5, 5.41) is 10.7. The molecular weight excluding hydrogens is 230 g/mol. The molecule has 0 fully saturated rings. The lowest BCUT2D eigenvalue weighted by Gasteiger charge is -2.12. The number of hydrogen-bond acceptors (Lipinski definition) is 4. The van der Waals surface area contributed by atoms with E-state index in [1.165, 1.54) is 12.1 Å². The van der Waals surface area contributed by atoms with Crippen molar-refractivity contribution >= 4 is 11.4 Å². The first-order chi connectivity index (χ1) is 8.58. The molecule has 2 aromatic rings. The molecule has 0 N–H and O–H groups in total. The third-order valence-corrected chi connectivity index (χ3v) is 2.61. The summed E-state index contributed by atoms with van der Waals surface area (Å²) in [4.78, 5) is 16.5. The molecule has 0 amide bonds. The van der Waals surface area contributed by atoms with Crippen LogP contribution in [0.4, 0.5) is 11.4 Å². The molecule has 0 bridgehead atoms. The maximum absolute atomic E-state index is 10.7. The Labute approximate surface area is 105 Å². The molecular formula is C13H13N3O2. The van der Waals surface area contributed by atoms with Crippen LogP contribution in [0.5, 0.6) is 0 Å². The molecule has 2 rings (SSSR count). The van der Waals surface area contributed by atoms with Crippen LogP contribution in [0.3, 0.4) is 0 Å². The highest BCUT2D eigenvalue weighted by molar-refractivity contribution is 5.66. The Morgan fingerprint density at radius 2 is 2.00 bits per heavy atom. The maximum atomic E-state index is 10.7. The van der Waals surface area contributed by atoms with Crippen LogP contribution in [0.1, 0.15) is 0 Å². The monoisotopic (exact) mass is 243 g/mol. The molecule has 0 radical (unpaired) electrons. The van der Waals surface area contributed by atoms with Gasteiger partial charge < -0.3 is 4.90 Å². The molecule has 1 aromatic carbocycles. The summed E-state index contributed by atoms with van der Waals surface area (Å²) in [5.41, 5.74) is 2.55. The van der Waals surface area contributed by atoms with Gasteiger partial charge in [0.2, 0.25) is 0 Å². The van der Waals surface area contributed by atoms with Gasteiger partial charge in [0, 0.05) is 43.7 Å². The van der Waals surface area contributed by atoms with E-state index in [2.05, 4.69) is 4.98 Å². The van der Waals surface area contributed by atoms with Gasteiger partial charge in [-0.3, -0.25) is 15.1 Å². The van der Waals surface area contributed by atoms with Gasteiger partial charge in [0.15, 0.2) is 0 Å². The molecule has 1 aromatic heterocycles.